The number of amides is 1. The first kappa shape index (κ1) is 12.5. The number of carboxylic acids is 1. The lowest BCUT2D eigenvalue weighted by Gasteiger charge is -2.26. The SMILES string of the molecule is CN(C(=O)Cn1cncn1)C1COCC1C(=O)O. The van der Waals surface area contributed by atoms with Gasteiger partial charge in [-0.2, -0.15) is 5.10 Å². The van der Waals surface area contributed by atoms with Gasteiger partial charge in [-0.1, -0.05) is 0 Å². The Labute approximate surface area is 103 Å². The summed E-state index contributed by atoms with van der Waals surface area (Å²) in [6.07, 6.45) is 2.78. The molecule has 1 saturated heterocycles. The van der Waals surface area contributed by atoms with Gasteiger partial charge in [-0.25, -0.2) is 9.67 Å². The van der Waals surface area contributed by atoms with Crippen LogP contribution in [0.1, 0.15) is 0 Å². The Kier molecular flexibility index (Phi) is 3.56. The molecule has 2 unspecified atom stereocenters. The van der Waals surface area contributed by atoms with Crippen molar-refractivity contribution in [2.24, 2.45) is 5.92 Å². The van der Waals surface area contributed by atoms with Gasteiger partial charge >= 0.3 is 5.97 Å². The number of hydrogen-bond acceptors (Lipinski definition) is 5. The Balaban J connectivity index is 1.99. The summed E-state index contributed by atoms with van der Waals surface area (Å²) >= 11 is 0. The van der Waals surface area contributed by atoms with Gasteiger partial charge in [-0.05, 0) is 0 Å². The van der Waals surface area contributed by atoms with Gasteiger partial charge in [0.05, 0.1) is 19.3 Å². The van der Waals surface area contributed by atoms with E-state index in [2.05, 4.69) is 10.1 Å². The molecule has 1 fully saturated rings. The molecule has 1 aliphatic rings. The van der Waals surface area contributed by atoms with Crippen molar-refractivity contribution in [1.82, 2.24) is 19.7 Å². The first-order valence-electron chi connectivity index (χ1n) is 5.48. The van der Waals surface area contributed by atoms with Crippen molar-refractivity contribution in [1.29, 1.82) is 0 Å². The molecule has 2 rings (SSSR count). The van der Waals surface area contributed by atoms with Gasteiger partial charge in [0.25, 0.3) is 0 Å². The number of carboxylic acid groups (broad SMARTS) is 1. The maximum atomic E-state index is 12.0. The predicted molar refractivity (Wildman–Crippen MR) is 58.5 cm³/mol. The quantitative estimate of drug-likeness (QED) is 0.727. The fraction of sp³-hybridized carbons (Fsp3) is 0.600. The number of likely N-dealkylation sites (N-methyl/N-ethyl adjacent to an activating group) is 1. The van der Waals surface area contributed by atoms with Crippen molar-refractivity contribution in [3.63, 3.8) is 0 Å². The van der Waals surface area contributed by atoms with Crippen LogP contribution in [-0.4, -0.2) is 63.0 Å². The molecule has 1 aliphatic heterocycles. The Morgan fingerprint density at radius 3 is 2.94 bits per heavy atom. The number of carbonyl (C=O) groups is 2. The minimum absolute atomic E-state index is 0.0410. The Morgan fingerprint density at radius 2 is 2.33 bits per heavy atom. The van der Waals surface area contributed by atoms with E-state index in [4.69, 9.17) is 9.84 Å². The maximum absolute atomic E-state index is 12.0. The van der Waals surface area contributed by atoms with Crippen LogP contribution in [0, 0.1) is 5.92 Å². The number of carbonyl (C=O) groups excluding carboxylic acids is 1. The lowest BCUT2D eigenvalue weighted by Crippen LogP contribution is -2.45. The molecule has 2 heterocycles. The standard InChI is InChI=1S/C10H14N4O4/c1-13(8-4-18-3-7(8)10(16)17)9(15)2-14-6-11-5-12-14/h5-8H,2-4H2,1H3,(H,16,17). The fourth-order valence-corrected chi connectivity index (χ4v) is 1.91. The van der Waals surface area contributed by atoms with E-state index in [1.54, 1.807) is 7.05 Å². The first-order valence-corrected chi connectivity index (χ1v) is 5.48. The summed E-state index contributed by atoms with van der Waals surface area (Å²) < 4.78 is 6.52. The highest BCUT2D eigenvalue weighted by atomic mass is 16.5. The van der Waals surface area contributed by atoms with E-state index in [9.17, 15) is 9.59 Å². The molecule has 2 atom stereocenters. The minimum Gasteiger partial charge on any atom is -0.481 e. The lowest BCUT2D eigenvalue weighted by atomic mass is 10.0. The molecule has 8 heteroatoms. The summed E-state index contributed by atoms with van der Waals surface area (Å²) in [5.41, 5.74) is 0. The van der Waals surface area contributed by atoms with Gasteiger partial charge in [0, 0.05) is 7.05 Å². The Hall–Kier alpha value is -1.96. The molecule has 98 valence electrons. The van der Waals surface area contributed by atoms with Crippen molar-refractivity contribution in [3.05, 3.63) is 12.7 Å². The Morgan fingerprint density at radius 1 is 1.56 bits per heavy atom. The molecule has 1 aromatic heterocycles. The fourth-order valence-electron chi connectivity index (χ4n) is 1.91. The molecule has 18 heavy (non-hydrogen) atoms. The van der Waals surface area contributed by atoms with Crippen LogP contribution in [0.3, 0.4) is 0 Å². The second-order valence-corrected chi connectivity index (χ2v) is 4.15. The van der Waals surface area contributed by atoms with E-state index in [1.165, 1.54) is 22.2 Å². The summed E-state index contributed by atoms with van der Waals surface area (Å²) in [7, 11) is 1.58. The van der Waals surface area contributed by atoms with E-state index in [0.29, 0.717) is 0 Å². The largest absolute Gasteiger partial charge is 0.481 e. The third-order valence-electron chi connectivity index (χ3n) is 3.02. The van der Waals surface area contributed by atoms with Gasteiger partial charge in [0.15, 0.2) is 0 Å². The van der Waals surface area contributed by atoms with Crippen LogP contribution < -0.4 is 0 Å². The zero-order valence-corrected chi connectivity index (χ0v) is 9.89. The van der Waals surface area contributed by atoms with E-state index in [0.717, 1.165) is 0 Å². The molecular formula is C10H14N4O4. The van der Waals surface area contributed by atoms with Crippen molar-refractivity contribution < 1.29 is 19.4 Å². The molecule has 0 spiro atoms. The van der Waals surface area contributed by atoms with Gasteiger partial charge < -0.3 is 14.7 Å². The third-order valence-corrected chi connectivity index (χ3v) is 3.02. The number of aromatic nitrogens is 3. The number of ether oxygens (including phenoxy) is 1. The number of hydrogen-bond donors (Lipinski definition) is 1. The smallest absolute Gasteiger partial charge is 0.311 e. The van der Waals surface area contributed by atoms with E-state index >= 15 is 0 Å². The zero-order chi connectivity index (χ0) is 13.1. The molecule has 1 aromatic rings. The zero-order valence-electron chi connectivity index (χ0n) is 9.89. The van der Waals surface area contributed by atoms with Gasteiger partial charge in [-0.15, -0.1) is 0 Å². The van der Waals surface area contributed by atoms with E-state index < -0.39 is 17.9 Å². The molecule has 0 saturated carbocycles. The minimum atomic E-state index is -0.946. The van der Waals surface area contributed by atoms with Crippen molar-refractivity contribution in [3.8, 4) is 0 Å². The van der Waals surface area contributed by atoms with Crippen molar-refractivity contribution in [2.45, 2.75) is 12.6 Å². The van der Waals surface area contributed by atoms with Crippen LogP contribution in [0.2, 0.25) is 0 Å². The molecule has 1 N–H and O–H groups in total. The van der Waals surface area contributed by atoms with Gasteiger partial charge in [-0.3, -0.25) is 9.59 Å². The highest BCUT2D eigenvalue weighted by Gasteiger charge is 2.38. The van der Waals surface area contributed by atoms with Gasteiger partial charge in [0.1, 0.15) is 25.1 Å². The maximum Gasteiger partial charge on any atom is 0.311 e. The molecule has 8 nitrogen and oxygen atoms in total. The van der Waals surface area contributed by atoms with Crippen LogP contribution in [0.25, 0.3) is 0 Å². The second-order valence-electron chi connectivity index (χ2n) is 4.15. The summed E-state index contributed by atoms with van der Waals surface area (Å²) in [4.78, 5) is 28.1. The third kappa shape index (κ3) is 2.48. The molecule has 0 aliphatic carbocycles. The average molecular weight is 254 g/mol. The summed E-state index contributed by atoms with van der Waals surface area (Å²) in [5.74, 6) is -1.84. The van der Waals surface area contributed by atoms with Crippen molar-refractivity contribution in [2.75, 3.05) is 20.3 Å². The summed E-state index contributed by atoms with van der Waals surface area (Å²) in [6.45, 7) is 0.427. The normalized spacial score (nSPS) is 22.9. The topological polar surface area (TPSA) is 97.5 Å². The first-order chi connectivity index (χ1) is 8.59. The van der Waals surface area contributed by atoms with Crippen LogP contribution in [0.5, 0.6) is 0 Å². The molecule has 0 aromatic carbocycles. The number of nitrogens with zero attached hydrogens (tertiary/aromatic N) is 4. The summed E-state index contributed by atoms with van der Waals surface area (Å²) in [5, 5.41) is 12.9. The second kappa shape index (κ2) is 5.13. The highest BCUT2D eigenvalue weighted by Crippen LogP contribution is 2.19. The average Bonchev–Trinajstić information content (AvgIpc) is 2.97. The van der Waals surface area contributed by atoms with Crippen LogP contribution >= 0.6 is 0 Å². The van der Waals surface area contributed by atoms with Crippen molar-refractivity contribution >= 4 is 11.9 Å². The number of rotatable bonds is 4. The predicted octanol–water partition coefficient (Wildman–Crippen LogP) is -1.16. The molecule has 0 bridgehead atoms. The van der Waals surface area contributed by atoms with Gasteiger partial charge in [0.2, 0.25) is 5.91 Å². The molecule has 0 radical (unpaired) electrons. The molecular weight excluding hydrogens is 240 g/mol. The van der Waals surface area contributed by atoms with E-state index in [1.807, 2.05) is 0 Å². The Bertz CT molecular complexity index is 433. The lowest BCUT2D eigenvalue weighted by molar-refractivity contribution is -0.144. The van der Waals surface area contributed by atoms with Crippen LogP contribution in [0.4, 0.5) is 0 Å². The monoisotopic (exact) mass is 254 g/mol. The molecule has 1 amide bonds. The van der Waals surface area contributed by atoms with Crippen LogP contribution in [0.15, 0.2) is 12.7 Å². The summed E-state index contributed by atoms with van der Waals surface area (Å²) in [6, 6.07) is -0.432. The number of aliphatic carboxylic acids is 1. The highest BCUT2D eigenvalue weighted by molar-refractivity contribution is 5.78. The van der Waals surface area contributed by atoms with E-state index in [-0.39, 0.29) is 25.7 Å². The van der Waals surface area contributed by atoms with Crippen LogP contribution in [-0.2, 0) is 20.9 Å².